The number of halogens is 2. The molecule has 3 rings (SSSR count). The first-order valence-corrected chi connectivity index (χ1v) is 7.15. The second kappa shape index (κ2) is 5.03. The van der Waals surface area contributed by atoms with Gasteiger partial charge < -0.3 is 10.3 Å². The van der Waals surface area contributed by atoms with Gasteiger partial charge in [0, 0.05) is 10.0 Å². The molecule has 1 aliphatic heterocycles. The molecule has 1 atom stereocenters. The average Bonchev–Trinajstić information content (AvgIpc) is 2.99. The van der Waals surface area contributed by atoms with Crippen molar-refractivity contribution in [1.29, 1.82) is 0 Å². The van der Waals surface area contributed by atoms with Gasteiger partial charge in [-0.2, -0.15) is 0 Å². The number of benzene rings is 1. The van der Waals surface area contributed by atoms with Gasteiger partial charge in [-0.1, -0.05) is 33.6 Å². The molecule has 1 saturated heterocycles. The quantitative estimate of drug-likeness (QED) is 0.878. The van der Waals surface area contributed by atoms with Crippen molar-refractivity contribution >= 4 is 27.5 Å². The molecule has 2 aromatic rings. The van der Waals surface area contributed by atoms with Gasteiger partial charge >= 0.3 is 0 Å². The predicted molar refractivity (Wildman–Crippen MR) is 76.7 cm³/mol. The predicted octanol–water partition coefficient (Wildman–Crippen LogP) is 3.92. The monoisotopic (exact) mass is 325 g/mol. The summed E-state index contributed by atoms with van der Waals surface area (Å²) in [6.45, 7) is 1.07. The van der Waals surface area contributed by atoms with E-state index in [-0.39, 0.29) is 0 Å². The van der Waals surface area contributed by atoms with Gasteiger partial charge in [0.1, 0.15) is 5.82 Å². The van der Waals surface area contributed by atoms with E-state index in [4.69, 9.17) is 11.6 Å². The summed E-state index contributed by atoms with van der Waals surface area (Å²) < 4.78 is 0.980. The van der Waals surface area contributed by atoms with Crippen LogP contribution in [0.1, 0.15) is 24.7 Å². The van der Waals surface area contributed by atoms with Crippen molar-refractivity contribution in [3.8, 4) is 11.3 Å². The van der Waals surface area contributed by atoms with E-state index >= 15 is 0 Å². The largest absolute Gasteiger partial charge is 0.341 e. The van der Waals surface area contributed by atoms with Crippen molar-refractivity contribution in [2.24, 2.45) is 0 Å². The van der Waals surface area contributed by atoms with Gasteiger partial charge in [0.2, 0.25) is 0 Å². The van der Waals surface area contributed by atoms with E-state index < -0.39 is 0 Å². The molecule has 2 heterocycles. The van der Waals surface area contributed by atoms with Crippen LogP contribution in [0.2, 0.25) is 5.02 Å². The lowest BCUT2D eigenvalue weighted by Gasteiger charge is -2.06. The van der Waals surface area contributed by atoms with Crippen LogP contribution in [0.3, 0.4) is 0 Å². The molecule has 0 bridgehead atoms. The number of imidazole rings is 1. The highest BCUT2D eigenvalue weighted by molar-refractivity contribution is 9.10. The molecule has 1 fully saturated rings. The third kappa shape index (κ3) is 2.32. The molecular formula is C13H13BrClN3. The number of hydrogen-bond acceptors (Lipinski definition) is 2. The Morgan fingerprint density at radius 1 is 1.39 bits per heavy atom. The van der Waals surface area contributed by atoms with Crippen LogP contribution in [-0.2, 0) is 0 Å². The maximum absolute atomic E-state index is 6.24. The van der Waals surface area contributed by atoms with E-state index in [0.717, 1.165) is 39.5 Å². The Labute approximate surface area is 119 Å². The van der Waals surface area contributed by atoms with Crippen LogP contribution in [0.15, 0.2) is 28.9 Å². The van der Waals surface area contributed by atoms with Gasteiger partial charge in [0.25, 0.3) is 0 Å². The number of nitrogens with zero attached hydrogens (tertiary/aromatic N) is 1. The van der Waals surface area contributed by atoms with E-state index in [2.05, 4.69) is 31.2 Å². The van der Waals surface area contributed by atoms with Crippen LogP contribution in [0.25, 0.3) is 11.3 Å². The minimum Gasteiger partial charge on any atom is -0.341 e. The average molecular weight is 327 g/mol. The minimum atomic E-state index is 0.355. The molecule has 0 radical (unpaired) electrons. The van der Waals surface area contributed by atoms with Crippen LogP contribution in [0.5, 0.6) is 0 Å². The standard InChI is InChI=1S/C13H13BrClN3/c14-8-3-4-9(10(15)6-8)12-7-17-13(18-12)11-2-1-5-16-11/h3-4,6-7,11,16H,1-2,5H2,(H,17,18). The maximum atomic E-state index is 6.24. The molecule has 0 spiro atoms. The molecule has 1 unspecified atom stereocenters. The van der Waals surface area contributed by atoms with Gasteiger partial charge in [-0.3, -0.25) is 0 Å². The Kier molecular flexibility index (Phi) is 3.41. The van der Waals surface area contributed by atoms with E-state index in [1.54, 1.807) is 0 Å². The first-order valence-electron chi connectivity index (χ1n) is 5.98. The number of aromatic amines is 1. The summed E-state index contributed by atoms with van der Waals surface area (Å²) in [4.78, 5) is 7.81. The van der Waals surface area contributed by atoms with Crippen LogP contribution in [0, 0.1) is 0 Å². The van der Waals surface area contributed by atoms with Crippen molar-refractivity contribution in [1.82, 2.24) is 15.3 Å². The number of nitrogens with one attached hydrogen (secondary N) is 2. The second-order valence-electron chi connectivity index (χ2n) is 4.46. The maximum Gasteiger partial charge on any atom is 0.123 e. The lowest BCUT2D eigenvalue weighted by atomic mass is 10.2. The van der Waals surface area contributed by atoms with Crippen molar-refractivity contribution in [3.05, 3.63) is 39.7 Å². The molecule has 1 aromatic heterocycles. The minimum absolute atomic E-state index is 0.355. The Morgan fingerprint density at radius 2 is 2.28 bits per heavy atom. The topological polar surface area (TPSA) is 40.7 Å². The van der Waals surface area contributed by atoms with Crippen molar-refractivity contribution in [2.75, 3.05) is 6.54 Å². The summed E-state index contributed by atoms with van der Waals surface area (Å²) in [5.74, 6) is 1.00. The highest BCUT2D eigenvalue weighted by Crippen LogP contribution is 2.30. The Morgan fingerprint density at radius 3 is 3.00 bits per heavy atom. The second-order valence-corrected chi connectivity index (χ2v) is 5.78. The fourth-order valence-electron chi connectivity index (χ4n) is 2.28. The van der Waals surface area contributed by atoms with E-state index in [1.807, 2.05) is 24.4 Å². The van der Waals surface area contributed by atoms with Crippen LogP contribution in [-0.4, -0.2) is 16.5 Å². The molecule has 3 nitrogen and oxygen atoms in total. The van der Waals surface area contributed by atoms with Crippen molar-refractivity contribution in [3.63, 3.8) is 0 Å². The molecule has 0 amide bonds. The van der Waals surface area contributed by atoms with Gasteiger partial charge in [-0.05, 0) is 31.5 Å². The third-order valence-electron chi connectivity index (χ3n) is 3.21. The molecule has 1 aliphatic rings. The Hall–Kier alpha value is -0.840. The SMILES string of the molecule is Clc1cc(Br)ccc1-c1cnc(C2CCCN2)[nH]1. The van der Waals surface area contributed by atoms with Crippen LogP contribution >= 0.6 is 27.5 Å². The lowest BCUT2D eigenvalue weighted by molar-refractivity contribution is 0.613. The van der Waals surface area contributed by atoms with Gasteiger partial charge in [0.05, 0.1) is 23.0 Å². The Balaban J connectivity index is 1.92. The molecule has 5 heteroatoms. The van der Waals surface area contributed by atoms with Gasteiger partial charge in [-0.15, -0.1) is 0 Å². The molecular weight excluding hydrogens is 314 g/mol. The number of H-pyrrole nitrogens is 1. The third-order valence-corrected chi connectivity index (χ3v) is 4.01. The molecule has 2 N–H and O–H groups in total. The van der Waals surface area contributed by atoms with Gasteiger partial charge in [-0.25, -0.2) is 4.98 Å². The first kappa shape index (κ1) is 12.2. The van der Waals surface area contributed by atoms with Crippen LogP contribution < -0.4 is 5.32 Å². The highest BCUT2D eigenvalue weighted by atomic mass is 79.9. The van der Waals surface area contributed by atoms with Crippen LogP contribution in [0.4, 0.5) is 0 Å². The molecule has 0 aliphatic carbocycles. The number of hydrogen-bond donors (Lipinski definition) is 2. The fourth-order valence-corrected chi connectivity index (χ4v) is 3.05. The fraction of sp³-hybridized carbons (Fsp3) is 0.308. The zero-order chi connectivity index (χ0) is 12.5. The molecule has 0 saturated carbocycles. The van der Waals surface area contributed by atoms with E-state index in [9.17, 15) is 0 Å². The zero-order valence-electron chi connectivity index (χ0n) is 9.71. The molecule has 1 aromatic carbocycles. The zero-order valence-corrected chi connectivity index (χ0v) is 12.1. The normalized spacial score (nSPS) is 19.3. The summed E-state index contributed by atoms with van der Waals surface area (Å²) in [6, 6.07) is 6.22. The lowest BCUT2D eigenvalue weighted by Crippen LogP contribution is -2.14. The summed E-state index contributed by atoms with van der Waals surface area (Å²) in [7, 11) is 0. The van der Waals surface area contributed by atoms with Crippen molar-refractivity contribution < 1.29 is 0 Å². The summed E-state index contributed by atoms with van der Waals surface area (Å²) in [6.07, 6.45) is 4.20. The first-order chi connectivity index (χ1) is 8.74. The summed E-state index contributed by atoms with van der Waals surface area (Å²) in [5.41, 5.74) is 1.95. The highest BCUT2D eigenvalue weighted by Gasteiger charge is 2.19. The Bertz CT molecular complexity index is 561. The smallest absolute Gasteiger partial charge is 0.123 e. The van der Waals surface area contributed by atoms with E-state index in [1.165, 1.54) is 6.42 Å². The van der Waals surface area contributed by atoms with E-state index in [0.29, 0.717) is 6.04 Å². The summed E-state index contributed by atoms with van der Waals surface area (Å²) in [5, 5.41) is 4.15. The van der Waals surface area contributed by atoms with Gasteiger partial charge in [0.15, 0.2) is 0 Å². The number of aromatic nitrogens is 2. The number of rotatable bonds is 2. The molecule has 18 heavy (non-hydrogen) atoms. The summed E-state index contributed by atoms with van der Waals surface area (Å²) >= 11 is 9.65. The van der Waals surface area contributed by atoms with Crippen molar-refractivity contribution in [2.45, 2.75) is 18.9 Å². The molecule has 94 valence electrons.